The molecule has 18 heavy (non-hydrogen) atoms. The third-order valence-electron chi connectivity index (χ3n) is 3.35. The minimum atomic E-state index is -0.265. The van der Waals surface area contributed by atoms with Crippen LogP contribution in [0.4, 0.5) is 0 Å². The Morgan fingerprint density at radius 1 is 1.28 bits per heavy atom. The van der Waals surface area contributed by atoms with Gasteiger partial charge in [-0.2, -0.15) is 0 Å². The Morgan fingerprint density at radius 3 is 2.83 bits per heavy atom. The van der Waals surface area contributed by atoms with E-state index in [9.17, 15) is 9.59 Å². The molecule has 0 bridgehead atoms. The summed E-state index contributed by atoms with van der Waals surface area (Å²) in [6.45, 7) is 1.81. The van der Waals surface area contributed by atoms with Crippen LogP contribution >= 0.6 is 0 Å². The summed E-state index contributed by atoms with van der Waals surface area (Å²) in [5, 5.41) is 0. The minimum Gasteiger partial charge on any atom is -0.457 e. The summed E-state index contributed by atoms with van der Waals surface area (Å²) in [4.78, 5) is 22.8. The molecule has 1 aliphatic carbocycles. The quantitative estimate of drug-likeness (QED) is 0.750. The average molecular weight is 246 g/mol. The van der Waals surface area contributed by atoms with E-state index in [2.05, 4.69) is 6.07 Å². The third kappa shape index (κ3) is 2.97. The van der Waals surface area contributed by atoms with Gasteiger partial charge in [-0.3, -0.25) is 9.59 Å². The monoisotopic (exact) mass is 246 g/mol. The third-order valence-corrected chi connectivity index (χ3v) is 3.35. The van der Waals surface area contributed by atoms with Gasteiger partial charge in [0.25, 0.3) is 0 Å². The van der Waals surface area contributed by atoms with Crippen molar-refractivity contribution in [2.24, 2.45) is 0 Å². The normalized spacial score (nSPS) is 17.3. The number of ether oxygens (including phenoxy) is 1. The number of fused-ring (bicyclic) bond motifs is 1. The van der Waals surface area contributed by atoms with Gasteiger partial charge in [0, 0.05) is 12.8 Å². The molecule has 96 valence electrons. The molecular formula is C15H18O3. The summed E-state index contributed by atoms with van der Waals surface area (Å²) in [7, 11) is 0. The van der Waals surface area contributed by atoms with E-state index in [0.29, 0.717) is 12.8 Å². The Morgan fingerprint density at radius 2 is 2.06 bits per heavy atom. The van der Waals surface area contributed by atoms with E-state index in [1.807, 2.05) is 18.2 Å². The summed E-state index contributed by atoms with van der Waals surface area (Å²) >= 11 is 0. The Bertz CT molecular complexity index is 451. The topological polar surface area (TPSA) is 43.4 Å². The number of benzene rings is 1. The van der Waals surface area contributed by atoms with Crippen LogP contribution in [-0.4, -0.2) is 11.8 Å². The second-order valence-corrected chi connectivity index (χ2v) is 4.61. The number of rotatable bonds is 5. The lowest BCUT2D eigenvalue weighted by Crippen LogP contribution is -2.10. The van der Waals surface area contributed by atoms with Gasteiger partial charge in [-0.15, -0.1) is 0 Å². The molecule has 0 amide bonds. The molecule has 0 spiro atoms. The molecule has 0 N–H and O–H groups in total. The molecule has 1 aliphatic rings. The number of hydrogen-bond acceptors (Lipinski definition) is 3. The van der Waals surface area contributed by atoms with Crippen LogP contribution in [0, 0.1) is 0 Å². The number of carbonyl (C=O) groups excluding carboxylic acids is 2. The Balaban J connectivity index is 1.88. The zero-order valence-corrected chi connectivity index (χ0v) is 10.6. The van der Waals surface area contributed by atoms with Crippen molar-refractivity contribution in [3.05, 3.63) is 35.4 Å². The minimum absolute atomic E-state index is 0.110. The highest BCUT2D eigenvalue weighted by Gasteiger charge is 2.25. The molecule has 0 unspecified atom stereocenters. The first-order valence-corrected chi connectivity index (χ1v) is 6.49. The molecule has 0 fully saturated rings. The molecule has 1 aromatic carbocycles. The Hall–Kier alpha value is -1.64. The first-order chi connectivity index (χ1) is 8.70. The molecule has 0 saturated carbocycles. The molecular weight excluding hydrogens is 228 g/mol. The number of carbonyl (C=O) groups is 2. The van der Waals surface area contributed by atoms with Crippen LogP contribution in [0.5, 0.6) is 0 Å². The van der Waals surface area contributed by atoms with Crippen LogP contribution in [0.15, 0.2) is 24.3 Å². The molecule has 1 aromatic rings. The fraction of sp³-hybridized carbons (Fsp3) is 0.467. The molecule has 0 saturated heterocycles. The highest BCUT2D eigenvalue weighted by Crippen LogP contribution is 2.33. The summed E-state index contributed by atoms with van der Waals surface area (Å²) in [6, 6.07) is 8.05. The fourth-order valence-corrected chi connectivity index (χ4v) is 2.28. The molecule has 0 radical (unpaired) electrons. The number of hydrogen-bond donors (Lipinski definition) is 0. The number of Topliss-reactive ketones (excluding diaryl/α,β-unsaturated/α-hetero) is 1. The van der Waals surface area contributed by atoms with Crippen molar-refractivity contribution in [2.75, 3.05) is 0 Å². The maximum absolute atomic E-state index is 11.7. The number of esters is 1. The van der Waals surface area contributed by atoms with E-state index in [1.54, 1.807) is 6.92 Å². The molecule has 0 aromatic heterocycles. The van der Waals surface area contributed by atoms with Crippen LogP contribution in [0.3, 0.4) is 0 Å². The molecule has 3 nitrogen and oxygen atoms in total. The molecule has 0 heterocycles. The van der Waals surface area contributed by atoms with Gasteiger partial charge in [0.15, 0.2) is 0 Å². The predicted molar refractivity (Wildman–Crippen MR) is 68.1 cm³/mol. The lowest BCUT2D eigenvalue weighted by molar-refractivity contribution is -0.150. The van der Waals surface area contributed by atoms with Gasteiger partial charge in [0.1, 0.15) is 11.9 Å². The van der Waals surface area contributed by atoms with Crippen molar-refractivity contribution >= 4 is 11.8 Å². The first kappa shape index (κ1) is 12.8. The lowest BCUT2D eigenvalue weighted by atomic mass is 10.1. The number of ketones is 1. The molecule has 0 aliphatic heterocycles. The average Bonchev–Trinajstić information content (AvgIpc) is 2.79. The van der Waals surface area contributed by atoms with Crippen molar-refractivity contribution in [1.82, 2.24) is 0 Å². The predicted octanol–water partition coefficient (Wildman–Crippen LogP) is 2.98. The zero-order chi connectivity index (χ0) is 13.0. The van der Waals surface area contributed by atoms with Crippen LogP contribution in [-0.2, 0) is 20.7 Å². The van der Waals surface area contributed by atoms with Crippen molar-refractivity contribution in [1.29, 1.82) is 0 Å². The van der Waals surface area contributed by atoms with Gasteiger partial charge >= 0.3 is 5.97 Å². The van der Waals surface area contributed by atoms with Gasteiger partial charge in [-0.1, -0.05) is 31.2 Å². The maximum atomic E-state index is 11.7. The van der Waals surface area contributed by atoms with E-state index in [1.165, 1.54) is 5.56 Å². The van der Waals surface area contributed by atoms with E-state index in [0.717, 1.165) is 18.4 Å². The van der Waals surface area contributed by atoms with Gasteiger partial charge in [-0.05, 0) is 24.0 Å². The van der Waals surface area contributed by atoms with Crippen LogP contribution < -0.4 is 0 Å². The highest BCUT2D eigenvalue weighted by atomic mass is 16.5. The highest BCUT2D eigenvalue weighted by molar-refractivity contribution is 5.82. The second-order valence-electron chi connectivity index (χ2n) is 4.61. The van der Waals surface area contributed by atoms with Crippen LogP contribution in [0.2, 0.25) is 0 Å². The van der Waals surface area contributed by atoms with E-state index in [-0.39, 0.29) is 24.3 Å². The SMILES string of the molecule is CCC(=O)CCC(=O)O[C@H]1CCc2ccccc21. The van der Waals surface area contributed by atoms with E-state index in [4.69, 9.17) is 4.74 Å². The van der Waals surface area contributed by atoms with Gasteiger partial charge in [-0.25, -0.2) is 0 Å². The van der Waals surface area contributed by atoms with Crippen LogP contribution in [0.25, 0.3) is 0 Å². The van der Waals surface area contributed by atoms with Gasteiger partial charge in [0.2, 0.25) is 0 Å². The summed E-state index contributed by atoms with van der Waals surface area (Å²) < 4.78 is 5.44. The second kappa shape index (κ2) is 5.80. The maximum Gasteiger partial charge on any atom is 0.306 e. The summed E-state index contributed by atoms with van der Waals surface area (Å²) in [5.74, 6) is -0.155. The summed E-state index contributed by atoms with van der Waals surface area (Å²) in [6.07, 6.45) is 2.68. The Kier molecular flexibility index (Phi) is 4.13. The molecule has 3 heteroatoms. The largest absolute Gasteiger partial charge is 0.457 e. The lowest BCUT2D eigenvalue weighted by Gasteiger charge is -2.13. The first-order valence-electron chi connectivity index (χ1n) is 6.49. The van der Waals surface area contributed by atoms with Gasteiger partial charge < -0.3 is 4.74 Å². The van der Waals surface area contributed by atoms with Crippen molar-refractivity contribution in [2.45, 2.75) is 45.1 Å². The van der Waals surface area contributed by atoms with Crippen molar-refractivity contribution in [3.63, 3.8) is 0 Å². The zero-order valence-electron chi connectivity index (χ0n) is 10.6. The molecule has 1 atom stereocenters. The smallest absolute Gasteiger partial charge is 0.306 e. The van der Waals surface area contributed by atoms with Gasteiger partial charge in [0.05, 0.1) is 6.42 Å². The van der Waals surface area contributed by atoms with E-state index >= 15 is 0 Å². The van der Waals surface area contributed by atoms with Crippen molar-refractivity contribution < 1.29 is 14.3 Å². The van der Waals surface area contributed by atoms with Crippen molar-refractivity contribution in [3.8, 4) is 0 Å². The Labute approximate surface area is 107 Å². The standard InChI is InChI=1S/C15H18O3/c1-2-12(16)8-10-15(17)18-14-9-7-11-5-3-4-6-13(11)14/h3-6,14H,2,7-10H2,1H3/t14-/m0/s1. The van der Waals surface area contributed by atoms with E-state index < -0.39 is 0 Å². The van der Waals surface area contributed by atoms with Crippen LogP contribution in [0.1, 0.15) is 49.8 Å². The molecule has 2 rings (SSSR count). The fourth-order valence-electron chi connectivity index (χ4n) is 2.28. The summed E-state index contributed by atoms with van der Waals surface area (Å²) in [5.41, 5.74) is 2.38. The number of aryl methyl sites for hydroxylation is 1.